The molecule has 0 aliphatic rings. The third-order valence-electron chi connectivity index (χ3n) is 3.71. The molecule has 0 bridgehead atoms. The smallest absolute Gasteiger partial charge is 0.0702 e. The SMILES string of the molecule is CC(C)(C)c1ccnc(Cc2cnc3ccccc3c2)c1. The van der Waals surface area contributed by atoms with Crippen LogP contribution in [0.2, 0.25) is 0 Å². The zero-order valence-corrected chi connectivity index (χ0v) is 12.8. The first-order valence-electron chi connectivity index (χ1n) is 7.31. The van der Waals surface area contributed by atoms with Gasteiger partial charge in [0.25, 0.3) is 0 Å². The van der Waals surface area contributed by atoms with E-state index in [1.54, 1.807) is 0 Å². The molecule has 0 saturated carbocycles. The van der Waals surface area contributed by atoms with Crippen molar-refractivity contribution in [2.45, 2.75) is 32.6 Å². The van der Waals surface area contributed by atoms with Gasteiger partial charge in [-0.15, -0.1) is 0 Å². The van der Waals surface area contributed by atoms with Gasteiger partial charge in [-0.2, -0.15) is 0 Å². The molecule has 2 aromatic heterocycles. The fraction of sp³-hybridized carbons (Fsp3) is 0.263. The summed E-state index contributed by atoms with van der Waals surface area (Å²) in [5.41, 5.74) is 4.81. The summed E-state index contributed by atoms with van der Waals surface area (Å²) in [5.74, 6) is 0. The van der Waals surface area contributed by atoms with E-state index in [1.807, 2.05) is 30.6 Å². The van der Waals surface area contributed by atoms with Gasteiger partial charge in [0.2, 0.25) is 0 Å². The number of para-hydroxylation sites is 1. The van der Waals surface area contributed by atoms with E-state index < -0.39 is 0 Å². The predicted molar refractivity (Wildman–Crippen MR) is 87.5 cm³/mol. The van der Waals surface area contributed by atoms with Crippen LogP contribution in [0.25, 0.3) is 10.9 Å². The Balaban J connectivity index is 1.91. The summed E-state index contributed by atoms with van der Waals surface area (Å²) in [7, 11) is 0. The zero-order chi connectivity index (χ0) is 14.9. The van der Waals surface area contributed by atoms with Crippen LogP contribution >= 0.6 is 0 Å². The minimum atomic E-state index is 0.152. The Morgan fingerprint density at radius 1 is 0.952 bits per heavy atom. The number of rotatable bonds is 2. The van der Waals surface area contributed by atoms with E-state index in [1.165, 1.54) is 16.5 Å². The Labute approximate surface area is 125 Å². The van der Waals surface area contributed by atoms with Crippen LogP contribution in [0.5, 0.6) is 0 Å². The van der Waals surface area contributed by atoms with E-state index >= 15 is 0 Å². The number of hydrogen-bond donors (Lipinski definition) is 0. The fourth-order valence-electron chi connectivity index (χ4n) is 2.46. The molecule has 0 atom stereocenters. The van der Waals surface area contributed by atoms with Gasteiger partial charge in [-0.1, -0.05) is 39.0 Å². The van der Waals surface area contributed by atoms with E-state index in [-0.39, 0.29) is 5.41 Å². The fourth-order valence-corrected chi connectivity index (χ4v) is 2.46. The highest BCUT2D eigenvalue weighted by Crippen LogP contribution is 2.23. The van der Waals surface area contributed by atoms with E-state index in [4.69, 9.17) is 0 Å². The highest BCUT2D eigenvalue weighted by Gasteiger charge is 2.14. The van der Waals surface area contributed by atoms with Gasteiger partial charge in [0.05, 0.1) is 5.52 Å². The standard InChI is InChI=1S/C19H20N2/c1-19(2,3)16-8-9-20-17(12-16)11-14-10-15-6-4-5-7-18(15)21-13-14/h4-10,12-13H,11H2,1-3H3. The lowest BCUT2D eigenvalue weighted by Gasteiger charge is -2.19. The van der Waals surface area contributed by atoms with Crippen molar-refractivity contribution in [1.82, 2.24) is 9.97 Å². The molecule has 2 heteroatoms. The first kappa shape index (κ1) is 13.7. The van der Waals surface area contributed by atoms with Gasteiger partial charge in [0, 0.05) is 29.9 Å². The van der Waals surface area contributed by atoms with E-state index in [0.29, 0.717) is 0 Å². The third-order valence-corrected chi connectivity index (χ3v) is 3.71. The Hall–Kier alpha value is -2.22. The summed E-state index contributed by atoms with van der Waals surface area (Å²) in [6.07, 6.45) is 4.68. The molecule has 3 aromatic rings. The predicted octanol–water partition coefficient (Wildman–Crippen LogP) is 4.52. The maximum atomic E-state index is 4.52. The summed E-state index contributed by atoms with van der Waals surface area (Å²) in [5, 5.41) is 1.18. The molecule has 0 aliphatic carbocycles. The van der Waals surface area contributed by atoms with Crippen LogP contribution < -0.4 is 0 Å². The van der Waals surface area contributed by atoms with Crippen LogP contribution in [0.15, 0.2) is 54.9 Å². The van der Waals surface area contributed by atoms with Crippen LogP contribution in [0, 0.1) is 0 Å². The van der Waals surface area contributed by atoms with Crippen molar-refractivity contribution in [3.63, 3.8) is 0 Å². The quantitative estimate of drug-likeness (QED) is 0.688. The topological polar surface area (TPSA) is 25.8 Å². The number of pyridine rings is 2. The number of nitrogens with zero attached hydrogens (tertiary/aromatic N) is 2. The highest BCUT2D eigenvalue weighted by atomic mass is 14.7. The van der Waals surface area contributed by atoms with Gasteiger partial charge in [-0.25, -0.2) is 0 Å². The summed E-state index contributed by atoms with van der Waals surface area (Å²) in [6.45, 7) is 6.68. The molecule has 0 spiro atoms. The van der Waals surface area contributed by atoms with Crippen molar-refractivity contribution in [3.8, 4) is 0 Å². The highest BCUT2D eigenvalue weighted by molar-refractivity contribution is 5.78. The molecule has 0 aliphatic heterocycles. The lowest BCUT2D eigenvalue weighted by atomic mass is 9.87. The molecule has 2 nitrogen and oxygen atoms in total. The molecule has 0 saturated heterocycles. The molecule has 0 amide bonds. The van der Waals surface area contributed by atoms with Crippen LogP contribution in [0.3, 0.4) is 0 Å². The molecule has 0 N–H and O–H groups in total. The second-order valence-electron chi connectivity index (χ2n) is 6.50. The lowest BCUT2D eigenvalue weighted by Crippen LogP contribution is -2.11. The van der Waals surface area contributed by atoms with Crippen molar-refractivity contribution in [2.24, 2.45) is 0 Å². The summed E-state index contributed by atoms with van der Waals surface area (Å²) in [4.78, 5) is 9.02. The van der Waals surface area contributed by atoms with Gasteiger partial charge in [-0.3, -0.25) is 9.97 Å². The van der Waals surface area contributed by atoms with E-state index in [0.717, 1.165) is 17.6 Å². The van der Waals surface area contributed by atoms with Crippen LogP contribution in [-0.2, 0) is 11.8 Å². The van der Waals surface area contributed by atoms with Gasteiger partial charge in [-0.05, 0) is 40.8 Å². The summed E-state index contributed by atoms with van der Waals surface area (Å²) >= 11 is 0. The molecule has 0 unspecified atom stereocenters. The second-order valence-corrected chi connectivity index (χ2v) is 6.50. The monoisotopic (exact) mass is 276 g/mol. The molecule has 21 heavy (non-hydrogen) atoms. The Kier molecular flexibility index (Phi) is 3.46. The number of fused-ring (bicyclic) bond motifs is 1. The minimum Gasteiger partial charge on any atom is -0.261 e. The minimum absolute atomic E-state index is 0.152. The molecule has 0 radical (unpaired) electrons. The number of benzene rings is 1. The zero-order valence-electron chi connectivity index (χ0n) is 12.8. The molecule has 0 fully saturated rings. The lowest BCUT2D eigenvalue weighted by molar-refractivity contribution is 0.588. The molecule has 106 valence electrons. The number of aromatic nitrogens is 2. The summed E-state index contributed by atoms with van der Waals surface area (Å²) < 4.78 is 0. The van der Waals surface area contributed by atoms with Crippen molar-refractivity contribution in [3.05, 3.63) is 71.7 Å². The largest absolute Gasteiger partial charge is 0.261 e. The van der Waals surface area contributed by atoms with Crippen molar-refractivity contribution in [1.29, 1.82) is 0 Å². The van der Waals surface area contributed by atoms with Crippen LogP contribution in [0.4, 0.5) is 0 Å². The first-order chi connectivity index (χ1) is 10.0. The Morgan fingerprint density at radius 2 is 1.76 bits per heavy atom. The van der Waals surface area contributed by atoms with Gasteiger partial charge >= 0.3 is 0 Å². The van der Waals surface area contributed by atoms with E-state index in [9.17, 15) is 0 Å². The average Bonchev–Trinajstić information content (AvgIpc) is 2.46. The molecule has 2 heterocycles. The second kappa shape index (κ2) is 5.28. The molecule has 1 aromatic carbocycles. The molecule has 3 rings (SSSR count). The Morgan fingerprint density at radius 3 is 2.57 bits per heavy atom. The van der Waals surface area contributed by atoms with Crippen molar-refractivity contribution < 1.29 is 0 Å². The van der Waals surface area contributed by atoms with Gasteiger partial charge in [0.15, 0.2) is 0 Å². The van der Waals surface area contributed by atoms with Crippen LogP contribution in [0.1, 0.15) is 37.6 Å². The third kappa shape index (κ3) is 3.10. The van der Waals surface area contributed by atoms with Gasteiger partial charge in [0.1, 0.15) is 0 Å². The average molecular weight is 276 g/mol. The molecular formula is C19H20N2. The maximum Gasteiger partial charge on any atom is 0.0702 e. The van der Waals surface area contributed by atoms with Crippen molar-refractivity contribution in [2.75, 3.05) is 0 Å². The Bertz CT molecular complexity index is 770. The van der Waals surface area contributed by atoms with Gasteiger partial charge < -0.3 is 0 Å². The first-order valence-corrected chi connectivity index (χ1v) is 7.31. The van der Waals surface area contributed by atoms with Crippen molar-refractivity contribution >= 4 is 10.9 Å². The normalized spacial score (nSPS) is 11.8. The van der Waals surface area contributed by atoms with Crippen LogP contribution in [-0.4, -0.2) is 9.97 Å². The summed E-state index contributed by atoms with van der Waals surface area (Å²) in [6, 6.07) is 14.7. The number of hydrogen-bond acceptors (Lipinski definition) is 2. The maximum absolute atomic E-state index is 4.52. The van der Waals surface area contributed by atoms with E-state index in [2.05, 4.69) is 55.0 Å². The molecular weight excluding hydrogens is 256 g/mol.